The molecule has 0 aromatic heterocycles. The van der Waals surface area contributed by atoms with Gasteiger partial charge in [-0.15, -0.1) is 0 Å². The standard InChI is InChI=1S/C9H12N2O4S/c12-7(1-2-8(13)14)11-9(15)10-6-3-4-16-5-6/h1-2,6H,3-5H2,(H,13,14)(H2,10,11,12,15)/b2-1+. The van der Waals surface area contributed by atoms with Gasteiger partial charge in [0.05, 0.1) is 0 Å². The van der Waals surface area contributed by atoms with Gasteiger partial charge in [0.15, 0.2) is 0 Å². The summed E-state index contributed by atoms with van der Waals surface area (Å²) in [6.07, 6.45) is 2.36. The summed E-state index contributed by atoms with van der Waals surface area (Å²) in [5.74, 6) is -0.141. The molecule has 1 aliphatic heterocycles. The Bertz CT molecular complexity index is 323. The topological polar surface area (TPSA) is 95.5 Å². The molecule has 1 aliphatic rings. The molecule has 0 aromatic carbocycles. The summed E-state index contributed by atoms with van der Waals surface area (Å²) in [5.41, 5.74) is 0. The second-order valence-corrected chi connectivity index (χ2v) is 4.34. The summed E-state index contributed by atoms with van der Waals surface area (Å²) in [6, 6.07) is -0.506. The van der Waals surface area contributed by atoms with E-state index in [1.54, 1.807) is 11.8 Å². The molecule has 16 heavy (non-hydrogen) atoms. The van der Waals surface area contributed by atoms with Crippen LogP contribution in [0, 0.1) is 0 Å². The van der Waals surface area contributed by atoms with E-state index in [4.69, 9.17) is 5.11 Å². The van der Waals surface area contributed by atoms with Crippen LogP contribution in [-0.2, 0) is 9.59 Å². The van der Waals surface area contributed by atoms with Gasteiger partial charge in [-0.2, -0.15) is 11.8 Å². The summed E-state index contributed by atoms with van der Waals surface area (Å²) in [7, 11) is 0. The van der Waals surface area contributed by atoms with Crippen LogP contribution in [0.25, 0.3) is 0 Å². The van der Waals surface area contributed by atoms with Crippen molar-refractivity contribution in [1.82, 2.24) is 10.6 Å². The lowest BCUT2D eigenvalue weighted by Crippen LogP contribution is -2.44. The molecule has 88 valence electrons. The molecule has 0 aliphatic carbocycles. The molecular weight excluding hydrogens is 232 g/mol. The Hall–Kier alpha value is -1.50. The number of imide groups is 1. The smallest absolute Gasteiger partial charge is 0.328 e. The van der Waals surface area contributed by atoms with Crippen LogP contribution in [0.4, 0.5) is 4.79 Å². The van der Waals surface area contributed by atoms with Gasteiger partial charge in [0.25, 0.3) is 5.91 Å². The number of carboxylic acids is 1. The molecule has 3 amide bonds. The third-order valence-corrected chi connectivity index (χ3v) is 3.04. The lowest BCUT2D eigenvalue weighted by molar-refractivity contribution is -0.131. The minimum Gasteiger partial charge on any atom is -0.478 e. The number of thioether (sulfide) groups is 1. The maximum Gasteiger partial charge on any atom is 0.328 e. The maximum atomic E-state index is 11.2. The van der Waals surface area contributed by atoms with E-state index in [9.17, 15) is 14.4 Å². The average Bonchev–Trinajstić information content (AvgIpc) is 2.67. The van der Waals surface area contributed by atoms with E-state index in [1.807, 2.05) is 5.32 Å². The highest BCUT2D eigenvalue weighted by Crippen LogP contribution is 2.16. The SMILES string of the molecule is O=C(O)/C=C/C(=O)NC(=O)NC1CCSC1. The molecule has 0 radical (unpaired) electrons. The second-order valence-electron chi connectivity index (χ2n) is 3.19. The first kappa shape index (κ1) is 12.6. The molecule has 6 nitrogen and oxygen atoms in total. The van der Waals surface area contributed by atoms with Gasteiger partial charge in [-0.05, 0) is 12.2 Å². The highest BCUT2D eigenvalue weighted by atomic mass is 32.2. The van der Waals surface area contributed by atoms with Crippen molar-refractivity contribution in [3.63, 3.8) is 0 Å². The van der Waals surface area contributed by atoms with Crippen molar-refractivity contribution in [3.8, 4) is 0 Å². The number of nitrogens with one attached hydrogen (secondary N) is 2. The van der Waals surface area contributed by atoms with Crippen LogP contribution in [0.5, 0.6) is 0 Å². The van der Waals surface area contributed by atoms with Crippen molar-refractivity contribution in [2.45, 2.75) is 12.5 Å². The monoisotopic (exact) mass is 244 g/mol. The van der Waals surface area contributed by atoms with Gasteiger partial charge in [0, 0.05) is 23.9 Å². The fraction of sp³-hybridized carbons (Fsp3) is 0.444. The zero-order valence-corrected chi connectivity index (χ0v) is 9.25. The highest BCUT2D eigenvalue weighted by molar-refractivity contribution is 7.99. The molecule has 1 rings (SSSR count). The molecule has 3 N–H and O–H groups in total. The fourth-order valence-electron chi connectivity index (χ4n) is 1.17. The van der Waals surface area contributed by atoms with Gasteiger partial charge in [-0.3, -0.25) is 10.1 Å². The largest absolute Gasteiger partial charge is 0.478 e. The number of carbonyl (C=O) groups is 3. The Kier molecular flexibility index (Phi) is 4.84. The summed E-state index contributed by atoms with van der Waals surface area (Å²) >= 11 is 1.74. The minimum atomic E-state index is -1.23. The number of urea groups is 1. The number of carboxylic acid groups (broad SMARTS) is 1. The zero-order valence-electron chi connectivity index (χ0n) is 8.43. The predicted molar refractivity (Wildman–Crippen MR) is 59.2 cm³/mol. The van der Waals surface area contributed by atoms with Gasteiger partial charge in [0.2, 0.25) is 0 Å². The quantitative estimate of drug-likeness (QED) is 0.605. The number of aliphatic carboxylic acids is 1. The molecule has 1 fully saturated rings. The third-order valence-electron chi connectivity index (χ3n) is 1.88. The van der Waals surface area contributed by atoms with Gasteiger partial charge in [-0.1, -0.05) is 0 Å². The van der Waals surface area contributed by atoms with E-state index >= 15 is 0 Å². The van der Waals surface area contributed by atoms with Crippen LogP contribution >= 0.6 is 11.8 Å². The van der Waals surface area contributed by atoms with E-state index < -0.39 is 17.9 Å². The van der Waals surface area contributed by atoms with Gasteiger partial charge in [-0.25, -0.2) is 9.59 Å². The summed E-state index contributed by atoms with van der Waals surface area (Å²) in [6.45, 7) is 0. The van der Waals surface area contributed by atoms with Gasteiger partial charge in [0.1, 0.15) is 0 Å². The van der Waals surface area contributed by atoms with Gasteiger partial charge >= 0.3 is 12.0 Å². The van der Waals surface area contributed by atoms with E-state index in [0.29, 0.717) is 6.08 Å². The van der Waals surface area contributed by atoms with Crippen LogP contribution in [0.15, 0.2) is 12.2 Å². The van der Waals surface area contributed by atoms with Crippen LogP contribution < -0.4 is 10.6 Å². The molecule has 1 atom stereocenters. The Morgan fingerprint density at radius 2 is 2.06 bits per heavy atom. The van der Waals surface area contributed by atoms with E-state index in [2.05, 4.69) is 5.32 Å². The molecule has 0 saturated carbocycles. The molecule has 7 heteroatoms. The van der Waals surface area contributed by atoms with E-state index in [0.717, 1.165) is 24.0 Å². The maximum absolute atomic E-state index is 11.2. The molecule has 1 heterocycles. The van der Waals surface area contributed by atoms with Crippen molar-refractivity contribution in [2.24, 2.45) is 0 Å². The van der Waals surface area contributed by atoms with Crippen molar-refractivity contribution in [2.75, 3.05) is 11.5 Å². The Morgan fingerprint density at radius 3 is 2.62 bits per heavy atom. The van der Waals surface area contributed by atoms with Crippen molar-refractivity contribution in [1.29, 1.82) is 0 Å². The van der Waals surface area contributed by atoms with E-state index in [1.165, 1.54) is 0 Å². The third kappa shape index (κ3) is 4.83. The molecule has 0 spiro atoms. The molecule has 1 saturated heterocycles. The second kappa shape index (κ2) is 6.16. The Morgan fingerprint density at radius 1 is 1.31 bits per heavy atom. The Balaban J connectivity index is 2.27. The lowest BCUT2D eigenvalue weighted by atomic mass is 10.3. The fourth-order valence-corrected chi connectivity index (χ4v) is 2.32. The van der Waals surface area contributed by atoms with Crippen LogP contribution in [-0.4, -0.2) is 40.6 Å². The summed E-state index contributed by atoms with van der Waals surface area (Å²) in [5, 5.41) is 12.9. The predicted octanol–water partition coefficient (Wildman–Crippen LogP) is -0.0415. The highest BCUT2D eigenvalue weighted by Gasteiger charge is 2.17. The van der Waals surface area contributed by atoms with Crippen molar-refractivity contribution >= 4 is 29.7 Å². The molecule has 0 bridgehead atoms. The van der Waals surface area contributed by atoms with Crippen LogP contribution in [0.2, 0.25) is 0 Å². The normalized spacial score (nSPS) is 19.6. The first-order valence-electron chi connectivity index (χ1n) is 4.68. The van der Waals surface area contributed by atoms with Crippen LogP contribution in [0.1, 0.15) is 6.42 Å². The molecule has 1 unspecified atom stereocenters. The molecular formula is C9H12N2O4S. The average molecular weight is 244 g/mol. The first-order chi connectivity index (χ1) is 7.58. The summed E-state index contributed by atoms with van der Waals surface area (Å²) in [4.78, 5) is 32.3. The minimum absolute atomic E-state index is 0.0845. The zero-order chi connectivity index (χ0) is 12.0. The number of rotatable bonds is 3. The van der Waals surface area contributed by atoms with E-state index in [-0.39, 0.29) is 6.04 Å². The van der Waals surface area contributed by atoms with Crippen molar-refractivity contribution in [3.05, 3.63) is 12.2 Å². The number of hydrogen-bond acceptors (Lipinski definition) is 4. The number of carbonyl (C=O) groups excluding carboxylic acids is 2. The Labute approximate surface area is 96.5 Å². The van der Waals surface area contributed by atoms with Gasteiger partial charge < -0.3 is 10.4 Å². The first-order valence-corrected chi connectivity index (χ1v) is 5.83. The lowest BCUT2D eigenvalue weighted by Gasteiger charge is -2.10. The molecule has 0 aromatic rings. The van der Waals surface area contributed by atoms with Crippen LogP contribution in [0.3, 0.4) is 0 Å². The van der Waals surface area contributed by atoms with Crippen molar-refractivity contribution < 1.29 is 19.5 Å². The number of hydrogen-bond donors (Lipinski definition) is 3. The summed E-state index contributed by atoms with van der Waals surface area (Å²) < 4.78 is 0. The number of amides is 3.